The summed E-state index contributed by atoms with van der Waals surface area (Å²) < 4.78 is 7.05. The quantitative estimate of drug-likeness (QED) is 0.452. The van der Waals surface area contributed by atoms with E-state index in [0.717, 1.165) is 5.56 Å². The van der Waals surface area contributed by atoms with Gasteiger partial charge in [0.05, 0.1) is 8.95 Å². The zero-order valence-corrected chi connectivity index (χ0v) is 17.6. The number of nitrogens with zero attached hydrogens (tertiary/aromatic N) is 1. The average molecular weight is 514 g/mol. The molecule has 0 radical (unpaired) electrons. The molecule has 0 spiro atoms. The number of hydrogen-bond acceptors (Lipinski definition) is 4. The molecule has 3 amide bonds. The van der Waals surface area contributed by atoms with E-state index < -0.39 is 11.9 Å². The van der Waals surface area contributed by atoms with Crippen molar-refractivity contribution in [3.63, 3.8) is 0 Å². The predicted molar refractivity (Wildman–Crippen MR) is 109 cm³/mol. The molecule has 0 aliphatic rings. The van der Waals surface area contributed by atoms with Gasteiger partial charge in [0.1, 0.15) is 24.0 Å². The van der Waals surface area contributed by atoms with Crippen molar-refractivity contribution < 1.29 is 14.3 Å². The third kappa shape index (κ3) is 6.10. The van der Waals surface area contributed by atoms with Gasteiger partial charge in [0.15, 0.2) is 0 Å². The van der Waals surface area contributed by atoms with Crippen LogP contribution in [0.5, 0.6) is 5.75 Å². The molecule has 27 heavy (non-hydrogen) atoms. The molecule has 3 N–H and O–H groups in total. The van der Waals surface area contributed by atoms with Crippen LogP contribution in [0.3, 0.4) is 0 Å². The molecule has 0 aromatic heterocycles. The van der Waals surface area contributed by atoms with E-state index >= 15 is 0 Å². The summed E-state index contributed by atoms with van der Waals surface area (Å²) in [6, 6.07) is 11.3. The highest BCUT2D eigenvalue weighted by Crippen LogP contribution is 2.36. The fourth-order valence-corrected chi connectivity index (χ4v) is 3.61. The monoisotopic (exact) mass is 511 g/mol. The summed E-state index contributed by atoms with van der Waals surface area (Å²) in [6.07, 6.45) is 1.33. The van der Waals surface area contributed by atoms with Crippen LogP contribution in [0.2, 0.25) is 5.02 Å². The summed E-state index contributed by atoms with van der Waals surface area (Å²) in [7, 11) is 0. The smallest absolute Gasteiger partial charge is 0.319 e. The van der Waals surface area contributed by atoms with Gasteiger partial charge in [-0.15, -0.1) is 0 Å². The average Bonchev–Trinajstić information content (AvgIpc) is 2.59. The first-order valence-electron chi connectivity index (χ1n) is 7.39. The maximum absolute atomic E-state index is 11.7. The fourth-order valence-electron chi connectivity index (χ4n) is 2.03. The number of halogens is 3. The summed E-state index contributed by atoms with van der Waals surface area (Å²) in [4.78, 5) is 22.5. The molecule has 0 unspecified atom stereocenters. The molecule has 0 atom stereocenters. The van der Waals surface area contributed by atoms with Crippen molar-refractivity contribution in [1.82, 2.24) is 5.32 Å². The minimum atomic E-state index is -1.03. The number of rotatable bonds is 5. The minimum Gasteiger partial charge on any atom is -0.487 e. The fraction of sp³-hybridized carbons (Fsp3) is 0.0556. The van der Waals surface area contributed by atoms with Gasteiger partial charge in [-0.2, -0.15) is 5.26 Å². The lowest BCUT2D eigenvalue weighted by atomic mass is 10.1. The highest BCUT2D eigenvalue weighted by molar-refractivity contribution is 9.11. The first-order chi connectivity index (χ1) is 12.8. The van der Waals surface area contributed by atoms with E-state index in [0.29, 0.717) is 31.9 Å². The molecule has 2 aromatic carbocycles. The minimum absolute atomic E-state index is 0.262. The number of carbonyl (C=O) groups excluding carboxylic acids is 2. The number of benzene rings is 2. The number of carbonyl (C=O) groups is 2. The third-order valence-corrected chi connectivity index (χ3v) is 4.66. The van der Waals surface area contributed by atoms with E-state index in [-0.39, 0.29) is 5.57 Å². The van der Waals surface area contributed by atoms with Crippen LogP contribution in [0.1, 0.15) is 11.1 Å². The largest absolute Gasteiger partial charge is 0.487 e. The second kappa shape index (κ2) is 9.55. The molecule has 2 aromatic rings. The Kier molecular flexibility index (Phi) is 7.42. The number of imide groups is 1. The van der Waals surface area contributed by atoms with Crippen molar-refractivity contribution in [2.24, 2.45) is 5.73 Å². The number of nitriles is 1. The van der Waals surface area contributed by atoms with Crippen LogP contribution in [0.15, 0.2) is 50.9 Å². The number of nitrogens with one attached hydrogen (secondary N) is 1. The van der Waals surface area contributed by atoms with Gasteiger partial charge in [0.25, 0.3) is 5.91 Å². The van der Waals surface area contributed by atoms with Gasteiger partial charge in [0, 0.05) is 5.02 Å². The Balaban J connectivity index is 2.21. The van der Waals surface area contributed by atoms with Gasteiger partial charge in [-0.1, -0.05) is 23.7 Å². The topological polar surface area (TPSA) is 105 Å². The van der Waals surface area contributed by atoms with Crippen molar-refractivity contribution in [3.05, 3.63) is 67.1 Å². The van der Waals surface area contributed by atoms with E-state index in [4.69, 9.17) is 27.3 Å². The second-order valence-corrected chi connectivity index (χ2v) is 7.36. The number of urea groups is 1. The van der Waals surface area contributed by atoms with Crippen molar-refractivity contribution >= 4 is 61.5 Å². The van der Waals surface area contributed by atoms with Crippen LogP contribution >= 0.6 is 43.5 Å². The molecule has 0 saturated carbocycles. The summed E-state index contributed by atoms with van der Waals surface area (Å²) in [5.41, 5.74) is 6.12. The Hall–Kier alpha value is -2.34. The molecule has 6 nitrogen and oxygen atoms in total. The van der Waals surface area contributed by atoms with Crippen LogP contribution < -0.4 is 15.8 Å². The summed E-state index contributed by atoms with van der Waals surface area (Å²) >= 11 is 12.7. The molecule has 0 fully saturated rings. The molecule has 2 rings (SSSR count). The van der Waals surface area contributed by atoms with Crippen LogP contribution in [-0.2, 0) is 11.4 Å². The normalized spacial score (nSPS) is 10.8. The van der Waals surface area contributed by atoms with Gasteiger partial charge >= 0.3 is 6.03 Å². The lowest BCUT2D eigenvalue weighted by Crippen LogP contribution is -2.35. The molecule has 0 aliphatic carbocycles. The predicted octanol–water partition coefficient (Wildman–Crippen LogP) is 4.55. The molecule has 9 heteroatoms. The van der Waals surface area contributed by atoms with E-state index in [1.165, 1.54) is 6.08 Å². The molecular formula is C18H12Br2ClN3O3. The van der Waals surface area contributed by atoms with E-state index in [9.17, 15) is 9.59 Å². The van der Waals surface area contributed by atoms with E-state index in [2.05, 4.69) is 31.9 Å². The van der Waals surface area contributed by atoms with Gasteiger partial charge in [-0.25, -0.2) is 4.79 Å². The first-order valence-corrected chi connectivity index (χ1v) is 9.35. The maximum Gasteiger partial charge on any atom is 0.319 e. The lowest BCUT2D eigenvalue weighted by molar-refractivity contribution is -0.115. The van der Waals surface area contributed by atoms with Gasteiger partial charge < -0.3 is 10.5 Å². The molecule has 0 aliphatic heterocycles. The zero-order chi connectivity index (χ0) is 20.0. The first kappa shape index (κ1) is 21.0. The van der Waals surface area contributed by atoms with Gasteiger partial charge in [-0.05, 0) is 73.3 Å². The van der Waals surface area contributed by atoms with Crippen LogP contribution in [-0.4, -0.2) is 11.9 Å². The Labute approximate surface area is 177 Å². The summed E-state index contributed by atoms with van der Waals surface area (Å²) in [5.74, 6) is -0.317. The number of primary amides is 1. The van der Waals surface area contributed by atoms with Crippen LogP contribution in [0.4, 0.5) is 4.79 Å². The number of ether oxygens (including phenoxy) is 1. The Morgan fingerprint density at radius 3 is 2.33 bits per heavy atom. The van der Waals surface area contributed by atoms with Crippen molar-refractivity contribution in [1.29, 1.82) is 5.26 Å². The third-order valence-electron chi connectivity index (χ3n) is 3.23. The molecule has 0 heterocycles. The highest BCUT2D eigenvalue weighted by atomic mass is 79.9. The standard InChI is InChI=1S/C18H12Br2ClN3O3/c19-14-6-11(5-12(8-22)17(25)24-18(23)26)7-15(20)16(14)27-9-10-1-3-13(21)4-2-10/h1-7H,9H2,(H3,23,24,25,26)/b12-5-. The highest BCUT2D eigenvalue weighted by Gasteiger charge is 2.13. The van der Waals surface area contributed by atoms with Crippen molar-refractivity contribution in [3.8, 4) is 11.8 Å². The second-order valence-electron chi connectivity index (χ2n) is 5.22. The molecule has 0 bridgehead atoms. The number of nitrogens with two attached hydrogens (primary N) is 1. The summed E-state index contributed by atoms with van der Waals surface area (Å²) in [5, 5.41) is 11.6. The number of hydrogen-bond donors (Lipinski definition) is 2. The van der Waals surface area contributed by atoms with E-state index in [1.54, 1.807) is 30.3 Å². The maximum atomic E-state index is 11.7. The van der Waals surface area contributed by atoms with Crippen LogP contribution in [0.25, 0.3) is 6.08 Å². The van der Waals surface area contributed by atoms with Crippen molar-refractivity contribution in [2.45, 2.75) is 6.61 Å². The molecule has 0 saturated heterocycles. The Bertz CT molecular complexity index is 930. The SMILES string of the molecule is N#C/C(=C/c1cc(Br)c(OCc2ccc(Cl)cc2)c(Br)c1)C(=O)NC(N)=O. The zero-order valence-electron chi connectivity index (χ0n) is 13.6. The van der Waals surface area contributed by atoms with Crippen molar-refractivity contribution in [2.75, 3.05) is 0 Å². The van der Waals surface area contributed by atoms with Gasteiger partial charge in [0.2, 0.25) is 0 Å². The number of amides is 3. The van der Waals surface area contributed by atoms with Crippen LogP contribution in [0, 0.1) is 11.3 Å². The molecular weight excluding hydrogens is 501 g/mol. The Morgan fingerprint density at radius 2 is 1.81 bits per heavy atom. The van der Waals surface area contributed by atoms with E-state index in [1.807, 2.05) is 17.4 Å². The summed E-state index contributed by atoms with van der Waals surface area (Å²) in [6.45, 7) is 0.327. The lowest BCUT2D eigenvalue weighted by Gasteiger charge is -2.12. The van der Waals surface area contributed by atoms with Gasteiger partial charge in [-0.3, -0.25) is 10.1 Å². The Morgan fingerprint density at radius 1 is 1.22 bits per heavy atom. The molecule has 138 valence electrons.